The van der Waals surface area contributed by atoms with Gasteiger partial charge in [0.2, 0.25) is 0 Å². The first-order chi connectivity index (χ1) is 22.9. The van der Waals surface area contributed by atoms with Crippen LogP contribution in [0.4, 0.5) is 0 Å². The van der Waals surface area contributed by atoms with Crippen LogP contribution in [-0.2, 0) is 51.2 Å². The Kier molecular flexibility index (Phi) is 14.3. The fraction of sp³-hybridized carbons (Fsp3) is 0.381. The summed E-state index contributed by atoms with van der Waals surface area (Å²) in [6, 6.07) is 28.9. The number of aliphatic hydroxyl groups excluding tert-OH is 1. The van der Waals surface area contributed by atoms with Crippen LogP contribution in [0, 0.1) is 5.92 Å². The van der Waals surface area contributed by atoms with Gasteiger partial charge in [-0.3, -0.25) is 4.79 Å². The topological polar surface area (TPSA) is 72.8 Å². The van der Waals surface area contributed by atoms with Crippen LogP contribution in [0.2, 0.25) is 0 Å². The molecule has 5 nitrogen and oxygen atoms in total. The molecular weight excluding hydrogens is 584 g/mol. The van der Waals surface area contributed by atoms with Gasteiger partial charge < -0.3 is 14.6 Å². The van der Waals surface area contributed by atoms with Crippen LogP contribution < -0.4 is 0 Å². The van der Waals surface area contributed by atoms with Gasteiger partial charge in [0.25, 0.3) is 6.47 Å². The van der Waals surface area contributed by atoms with Gasteiger partial charge in [-0.2, -0.15) is 0 Å². The Hall–Kier alpha value is -4.22. The number of ether oxygens (including phenoxy) is 2. The van der Waals surface area contributed by atoms with Gasteiger partial charge in [0.1, 0.15) is 0 Å². The van der Waals surface area contributed by atoms with E-state index in [1.807, 2.05) is 0 Å². The smallest absolute Gasteiger partial charge is 0.335 e. The maximum Gasteiger partial charge on any atom is 0.335 e. The molecule has 0 heterocycles. The molecule has 1 N–H and O–H groups in total. The molecule has 4 aromatic rings. The Morgan fingerprint density at radius 1 is 0.745 bits per heavy atom. The second kappa shape index (κ2) is 18.8. The molecule has 0 amide bonds. The summed E-state index contributed by atoms with van der Waals surface area (Å²) in [5.74, 6) is -0.862. The Balaban J connectivity index is 1.30. The molecule has 4 rings (SSSR count). The third-order valence-electron chi connectivity index (χ3n) is 8.93. The largest absolute Gasteiger partial charge is 0.467 e. The molecule has 0 saturated carbocycles. The highest BCUT2D eigenvalue weighted by molar-refractivity contribution is 5.88. The van der Waals surface area contributed by atoms with Crippen molar-refractivity contribution >= 4 is 23.2 Å². The van der Waals surface area contributed by atoms with Crippen LogP contribution in [-0.4, -0.2) is 37.4 Å². The molecule has 4 aromatic carbocycles. The predicted molar refractivity (Wildman–Crippen MR) is 191 cm³/mol. The van der Waals surface area contributed by atoms with Gasteiger partial charge in [-0.1, -0.05) is 106 Å². The third-order valence-corrected chi connectivity index (χ3v) is 8.93. The minimum Gasteiger partial charge on any atom is -0.467 e. The molecule has 0 spiro atoms. The quantitative estimate of drug-likeness (QED) is 0.0455. The number of esters is 1. The van der Waals surface area contributed by atoms with Crippen LogP contribution in [0.25, 0.3) is 21.9 Å². The number of hydrogen-bond donors (Lipinski definition) is 1. The normalized spacial score (nSPS) is 11.7. The maximum absolute atomic E-state index is 11.9. The van der Waals surface area contributed by atoms with Crippen molar-refractivity contribution < 1.29 is 24.2 Å². The van der Waals surface area contributed by atoms with E-state index < -0.39 is 12.6 Å². The van der Waals surface area contributed by atoms with Crippen molar-refractivity contribution in [2.24, 2.45) is 5.92 Å². The molecule has 0 aromatic heterocycles. The van der Waals surface area contributed by atoms with E-state index in [4.69, 9.17) is 14.6 Å². The monoisotopic (exact) mass is 634 g/mol. The van der Waals surface area contributed by atoms with Crippen LogP contribution in [0.15, 0.2) is 91.0 Å². The molecule has 1 unspecified atom stereocenters. The predicted octanol–water partition coefficient (Wildman–Crippen LogP) is 8.79. The molecule has 0 aliphatic rings. The van der Waals surface area contributed by atoms with Crippen LogP contribution in [0.1, 0.15) is 73.8 Å². The van der Waals surface area contributed by atoms with Gasteiger partial charge in [0.05, 0.1) is 25.4 Å². The van der Waals surface area contributed by atoms with Crippen molar-refractivity contribution in [1.82, 2.24) is 0 Å². The van der Waals surface area contributed by atoms with Crippen LogP contribution >= 0.6 is 0 Å². The van der Waals surface area contributed by atoms with Gasteiger partial charge >= 0.3 is 5.97 Å². The number of carbonyl (C=O) groups excluding carboxylic acids is 2. The summed E-state index contributed by atoms with van der Waals surface area (Å²) in [4.78, 5) is 22.6. The number of aliphatic hydroxyl groups is 1. The fourth-order valence-electron chi connectivity index (χ4n) is 6.13. The van der Waals surface area contributed by atoms with E-state index in [1.54, 1.807) is 0 Å². The van der Waals surface area contributed by atoms with Crippen molar-refractivity contribution in [2.75, 3.05) is 19.8 Å². The van der Waals surface area contributed by atoms with Crippen molar-refractivity contribution in [2.45, 2.75) is 78.1 Å². The summed E-state index contributed by atoms with van der Waals surface area (Å²) in [7, 11) is 0. The standard InChI is InChI=1S/C42H50O5/c1-4-6-7-12-37-17-13-32(24-36(37)5-2)10-8-9-11-33-16-20-41-26-40(22-21-39(41)25-33)38-18-14-34(15-19-38)23-35(28-46-30-44)29-47-42(45)31(3)27-43/h13-22,24-26,30,35,43H,3-12,23,27-29H2,1-2H3. The lowest BCUT2D eigenvalue weighted by molar-refractivity contribution is -0.142. The average Bonchev–Trinajstić information content (AvgIpc) is 3.11. The zero-order valence-electron chi connectivity index (χ0n) is 28.1. The molecule has 47 heavy (non-hydrogen) atoms. The van der Waals surface area contributed by atoms with E-state index in [1.165, 1.54) is 71.6 Å². The number of carbonyl (C=O) groups is 2. The molecule has 0 aliphatic heterocycles. The van der Waals surface area contributed by atoms with Crippen LogP contribution in [0.3, 0.4) is 0 Å². The first kappa shape index (κ1) is 35.6. The molecule has 5 heteroatoms. The van der Waals surface area contributed by atoms with E-state index >= 15 is 0 Å². The van der Waals surface area contributed by atoms with Crippen molar-refractivity contribution in [3.05, 3.63) is 119 Å². The number of hydrogen-bond acceptors (Lipinski definition) is 5. The van der Waals surface area contributed by atoms with E-state index in [-0.39, 0.29) is 24.7 Å². The second-order valence-electron chi connectivity index (χ2n) is 12.6. The summed E-state index contributed by atoms with van der Waals surface area (Å²) < 4.78 is 10.2. The highest BCUT2D eigenvalue weighted by atomic mass is 16.5. The van der Waals surface area contributed by atoms with Crippen LogP contribution in [0.5, 0.6) is 0 Å². The lowest BCUT2D eigenvalue weighted by Crippen LogP contribution is -2.22. The Morgan fingerprint density at radius 2 is 1.38 bits per heavy atom. The summed E-state index contributed by atoms with van der Waals surface area (Å²) in [5, 5.41) is 11.6. The molecule has 0 bridgehead atoms. The number of rotatable bonds is 20. The summed E-state index contributed by atoms with van der Waals surface area (Å²) in [6.45, 7) is 8.15. The Morgan fingerprint density at radius 3 is 2.09 bits per heavy atom. The summed E-state index contributed by atoms with van der Waals surface area (Å²) in [6.07, 6.45) is 11.4. The molecule has 1 atom stereocenters. The minimum atomic E-state index is -0.651. The molecular formula is C42H50O5. The number of fused-ring (bicyclic) bond motifs is 1. The summed E-state index contributed by atoms with van der Waals surface area (Å²) in [5.41, 5.74) is 9.22. The number of unbranched alkanes of at least 4 members (excludes halogenated alkanes) is 3. The van der Waals surface area contributed by atoms with Crippen molar-refractivity contribution in [3.63, 3.8) is 0 Å². The average molecular weight is 635 g/mol. The minimum absolute atomic E-state index is 0.00787. The molecule has 248 valence electrons. The van der Waals surface area contributed by atoms with Gasteiger partial charge in [0, 0.05) is 5.92 Å². The second-order valence-corrected chi connectivity index (χ2v) is 12.6. The zero-order chi connectivity index (χ0) is 33.4. The van der Waals surface area contributed by atoms with E-state index in [0.29, 0.717) is 12.9 Å². The van der Waals surface area contributed by atoms with E-state index in [0.717, 1.165) is 36.0 Å². The lowest BCUT2D eigenvalue weighted by Gasteiger charge is -2.16. The fourth-order valence-corrected chi connectivity index (χ4v) is 6.13. The van der Waals surface area contributed by atoms with Gasteiger partial charge in [-0.15, -0.1) is 0 Å². The van der Waals surface area contributed by atoms with Crippen molar-refractivity contribution in [3.8, 4) is 11.1 Å². The van der Waals surface area contributed by atoms with E-state index in [2.05, 4.69) is 99.3 Å². The Labute approximate surface area is 280 Å². The van der Waals surface area contributed by atoms with Crippen molar-refractivity contribution in [1.29, 1.82) is 0 Å². The number of aryl methyl sites for hydroxylation is 4. The third kappa shape index (κ3) is 10.9. The molecule has 0 fully saturated rings. The first-order valence-corrected chi connectivity index (χ1v) is 17.2. The molecule has 0 saturated heterocycles. The number of benzene rings is 4. The highest BCUT2D eigenvalue weighted by Gasteiger charge is 2.16. The lowest BCUT2D eigenvalue weighted by atomic mass is 9.94. The Bertz CT molecular complexity index is 1600. The maximum atomic E-state index is 11.9. The van der Waals surface area contributed by atoms with E-state index in [9.17, 15) is 9.59 Å². The highest BCUT2D eigenvalue weighted by Crippen LogP contribution is 2.27. The summed E-state index contributed by atoms with van der Waals surface area (Å²) >= 11 is 0. The molecule has 0 aliphatic carbocycles. The van der Waals surface area contributed by atoms with Gasteiger partial charge in [0.15, 0.2) is 0 Å². The SMILES string of the molecule is C=C(CO)C(=O)OCC(COC=O)Cc1ccc(-c2ccc3cc(CCCCc4ccc(CCCCC)c(CC)c4)ccc3c2)cc1. The zero-order valence-corrected chi connectivity index (χ0v) is 28.1. The van der Waals surface area contributed by atoms with Gasteiger partial charge in [-0.25, -0.2) is 4.79 Å². The first-order valence-electron chi connectivity index (χ1n) is 17.2. The molecule has 0 radical (unpaired) electrons. The van der Waals surface area contributed by atoms with Gasteiger partial charge in [-0.05, 0) is 107 Å².